The monoisotopic (exact) mass is 522 g/mol. The van der Waals surface area contributed by atoms with Gasteiger partial charge in [0.15, 0.2) is 0 Å². The number of rotatable bonds is 16. The van der Waals surface area contributed by atoms with Gasteiger partial charge >= 0.3 is 12.1 Å². The molecule has 0 saturated carbocycles. The lowest BCUT2D eigenvalue weighted by Crippen LogP contribution is -2.53. The first-order valence-electron chi connectivity index (χ1n) is 12.1. The van der Waals surface area contributed by atoms with Gasteiger partial charge in [-0.1, -0.05) is 36.8 Å². The zero-order valence-corrected chi connectivity index (χ0v) is 21.3. The lowest BCUT2D eigenvalue weighted by molar-refractivity contribution is -0.142. The van der Waals surface area contributed by atoms with Gasteiger partial charge in [0.05, 0.1) is 12.6 Å². The van der Waals surface area contributed by atoms with Gasteiger partial charge in [0, 0.05) is 13.1 Å². The molecule has 0 aliphatic heterocycles. The number of carbonyl (C=O) groups is 5. The van der Waals surface area contributed by atoms with Gasteiger partial charge < -0.3 is 42.2 Å². The van der Waals surface area contributed by atoms with E-state index in [1.807, 2.05) is 6.07 Å². The summed E-state index contributed by atoms with van der Waals surface area (Å²) in [5.74, 6) is -2.99. The van der Waals surface area contributed by atoms with Crippen molar-refractivity contribution >= 4 is 29.8 Å². The highest BCUT2D eigenvalue weighted by Gasteiger charge is 2.26. The third-order valence-corrected chi connectivity index (χ3v) is 5.30. The minimum atomic E-state index is -1.24. The van der Waals surface area contributed by atoms with Crippen LogP contribution in [0.25, 0.3) is 0 Å². The number of alkyl carbamates (subject to hydrolysis) is 1. The van der Waals surface area contributed by atoms with Crippen LogP contribution in [-0.4, -0.2) is 84.1 Å². The van der Waals surface area contributed by atoms with Crippen LogP contribution in [0.5, 0.6) is 0 Å². The van der Waals surface area contributed by atoms with Gasteiger partial charge in [-0.2, -0.15) is 0 Å². The van der Waals surface area contributed by atoms with Crippen molar-refractivity contribution in [2.45, 2.75) is 57.8 Å². The lowest BCUT2D eigenvalue weighted by Gasteiger charge is -2.26. The summed E-state index contributed by atoms with van der Waals surface area (Å²) >= 11 is 0. The summed E-state index contributed by atoms with van der Waals surface area (Å²) < 4.78 is 5.12. The van der Waals surface area contributed by atoms with E-state index in [0.717, 1.165) is 16.9 Å². The number of nitrogens with zero attached hydrogens (tertiary/aromatic N) is 1. The summed E-state index contributed by atoms with van der Waals surface area (Å²) in [4.78, 5) is 61.8. The standard InChI is InChI=1S/C24H38N6O7/c1-16(29-24(36)37-15-18-8-4-3-5-9-18)22(33)30(14-20(31)28-17(2)23(34)35)13-12-27-21(32)19(26)10-6-7-11-25/h3-5,8-9,16-17,19H,6-7,10-15,25-26H2,1-2H3,(H,27,32)(H,28,31)(H,29,36)(H,34,35)/t16-,17-,19-/m0/s1. The largest absolute Gasteiger partial charge is 0.480 e. The van der Waals surface area contributed by atoms with Crippen molar-refractivity contribution in [3.63, 3.8) is 0 Å². The number of hydrogen-bond acceptors (Lipinski definition) is 8. The van der Waals surface area contributed by atoms with E-state index in [1.54, 1.807) is 24.3 Å². The molecule has 13 nitrogen and oxygen atoms in total. The normalized spacial score (nSPS) is 13.0. The van der Waals surface area contributed by atoms with Crippen molar-refractivity contribution < 1.29 is 33.8 Å². The molecule has 0 aromatic heterocycles. The van der Waals surface area contributed by atoms with E-state index in [2.05, 4.69) is 16.0 Å². The second-order valence-corrected chi connectivity index (χ2v) is 8.50. The highest BCUT2D eigenvalue weighted by atomic mass is 16.5. The van der Waals surface area contributed by atoms with Crippen LogP contribution >= 0.6 is 0 Å². The van der Waals surface area contributed by atoms with E-state index in [-0.39, 0.29) is 19.7 Å². The molecule has 0 aliphatic rings. The first-order chi connectivity index (χ1) is 17.5. The molecule has 1 aromatic carbocycles. The maximum absolute atomic E-state index is 13.0. The summed E-state index contributed by atoms with van der Waals surface area (Å²) in [6.45, 7) is 2.63. The van der Waals surface area contributed by atoms with Crippen LogP contribution in [0.2, 0.25) is 0 Å². The van der Waals surface area contributed by atoms with Gasteiger partial charge in [0.2, 0.25) is 17.7 Å². The number of ether oxygens (including phenoxy) is 1. The Balaban J connectivity index is 2.71. The van der Waals surface area contributed by atoms with Crippen LogP contribution in [0.3, 0.4) is 0 Å². The van der Waals surface area contributed by atoms with E-state index >= 15 is 0 Å². The van der Waals surface area contributed by atoms with Crippen LogP contribution in [-0.2, 0) is 30.5 Å². The van der Waals surface area contributed by atoms with E-state index in [1.165, 1.54) is 13.8 Å². The van der Waals surface area contributed by atoms with Crippen LogP contribution in [0, 0.1) is 0 Å². The average molecular weight is 523 g/mol. The number of nitrogens with one attached hydrogen (secondary N) is 3. The molecule has 0 radical (unpaired) electrons. The van der Waals surface area contributed by atoms with Crippen molar-refractivity contribution in [1.82, 2.24) is 20.9 Å². The number of unbranched alkanes of at least 4 members (excludes halogenated alkanes) is 1. The molecule has 0 saturated heterocycles. The number of carboxylic acid groups (broad SMARTS) is 1. The number of nitrogens with two attached hydrogens (primary N) is 2. The molecular formula is C24H38N6O7. The molecule has 1 aromatic rings. The second kappa shape index (κ2) is 16.9. The highest BCUT2D eigenvalue weighted by molar-refractivity contribution is 5.90. The second-order valence-electron chi connectivity index (χ2n) is 8.50. The van der Waals surface area contributed by atoms with Crippen LogP contribution < -0.4 is 27.4 Å². The molecule has 8 N–H and O–H groups in total. The molecule has 0 fully saturated rings. The van der Waals surface area contributed by atoms with Gasteiger partial charge in [-0.3, -0.25) is 19.2 Å². The fourth-order valence-electron chi connectivity index (χ4n) is 3.15. The Morgan fingerprint density at radius 3 is 2.32 bits per heavy atom. The van der Waals surface area contributed by atoms with Crippen molar-refractivity contribution in [3.05, 3.63) is 35.9 Å². The Kier molecular flexibility index (Phi) is 14.3. The summed E-state index contributed by atoms with van der Waals surface area (Å²) in [6, 6.07) is 5.99. The third kappa shape index (κ3) is 12.7. The van der Waals surface area contributed by atoms with Crippen molar-refractivity contribution in [2.75, 3.05) is 26.2 Å². The van der Waals surface area contributed by atoms with Crippen LogP contribution in [0.4, 0.5) is 4.79 Å². The summed E-state index contributed by atoms with van der Waals surface area (Å²) in [5.41, 5.74) is 12.1. The predicted molar refractivity (Wildman–Crippen MR) is 135 cm³/mol. The Morgan fingerprint density at radius 1 is 1.03 bits per heavy atom. The Morgan fingerprint density at radius 2 is 1.70 bits per heavy atom. The summed E-state index contributed by atoms with van der Waals surface area (Å²) in [6.07, 6.45) is 1.06. The molecule has 0 bridgehead atoms. The SMILES string of the molecule is C[C@H](NC(=O)CN(CCNC(=O)[C@@H](N)CCCCN)C(=O)[C@H](C)NC(=O)OCc1ccccc1)C(=O)O. The molecule has 37 heavy (non-hydrogen) atoms. The first-order valence-corrected chi connectivity index (χ1v) is 12.1. The summed E-state index contributed by atoms with van der Waals surface area (Å²) in [5, 5.41) is 16.3. The molecule has 4 amide bonds. The fourth-order valence-corrected chi connectivity index (χ4v) is 3.15. The fraction of sp³-hybridized carbons (Fsp3) is 0.542. The molecule has 206 valence electrons. The minimum Gasteiger partial charge on any atom is -0.480 e. The minimum absolute atomic E-state index is 0.00431. The number of benzene rings is 1. The Hall–Kier alpha value is -3.71. The molecular weight excluding hydrogens is 484 g/mol. The smallest absolute Gasteiger partial charge is 0.408 e. The molecule has 0 unspecified atom stereocenters. The van der Waals surface area contributed by atoms with Gasteiger partial charge in [-0.15, -0.1) is 0 Å². The Bertz CT molecular complexity index is 899. The van der Waals surface area contributed by atoms with Crippen molar-refractivity contribution in [2.24, 2.45) is 11.5 Å². The topological polar surface area (TPSA) is 206 Å². The quantitative estimate of drug-likeness (QED) is 0.151. The van der Waals surface area contributed by atoms with Gasteiger partial charge in [0.1, 0.15) is 18.7 Å². The molecule has 13 heteroatoms. The lowest BCUT2D eigenvalue weighted by atomic mass is 10.1. The number of carboxylic acids is 1. The zero-order valence-electron chi connectivity index (χ0n) is 21.3. The number of carbonyl (C=O) groups excluding carboxylic acids is 4. The first kappa shape index (κ1) is 31.3. The molecule has 3 atom stereocenters. The van der Waals surface area contributed by atoms with Crippen molar-refractivity contribution in [1.29, 1.82) is 0 Å². The number of hydrogen-bond donors (Lipinski definition) is 6. The van der Waals surface area contributed by atoms with E-state index in [9.17, 15) is 24.0 Å². The Labute approximate surface area is 216 Å². The van der Waals surface area contributed by atoms with E-state index in [0.29, 0.717) is 19.4 Å². The highest BCUT2D eigenvalue weighted by Crippen LogP contribution is 2.02. The van der Waals surface area contributed by atoms with E-state index in [4.69, 9.17) is 21.3 Å². The molecule has 0 spiro atoms. The average Bonchev–Trinajstić information content (AvgIpc) is 2.86. The number of amides is 4. The maximum atomic E-state index is 13.0. The third-order valence-electron chi connectivity index (χ3n) is 5.30. The molecule has 0 heterocycles. The van der Waals surface area contributed by atoms with Crippen molar-refractivity contribution in [3.8, 4) is 0 Å². The van der Waals surface area contributed by atoms with Crippen LogP contribution in [0.15, 0.2) is 30.3 Å². The van der Waals surface area contributed by atoms with Gasteiger partial charge in [0.25, 0.3) is 0 Å². The zero-order chi connectivity index (χ0) is 27.8. The van der Waals surface area contributed by atoms with Gasteiger partial charge in [-0.05, 0) is 38.8 Å². The number of aliphatic carboxylic acids is 1. The van der Waals surface area contributed by atoms with E-state index < -0.39 is 54.5 Å². The maximum Gasteiger partial charge on any atom is 0.408 e. The van der Waals surface area contributed by atoms with Gasteiger partial charge in [-0.25, -0.2) is 4.79 Å². The van der Waals surface area contributed by atoms with Crippen LogP contribution in [0.1, 0.15) is 38.7 Å². The summed E-state index contributed by atoms with van der Waals surface area (Å²) in [7, 11) is 0. The molecule has 1 rings (SSSR count). The predicted octanol–water partition coefficient (Wildman–Crippen LogP) is -0.708. The molecule has 0 aliphatic carbocycles.